The molecule has 4 amide bonds. The molecule has 0 aromatic rings. The van der Waals surface area contributed by atoms with Crippen molar-refractivity contribution in [1.29, 1.82) is 0 Å². The van der Waals surface area contributed by atoms with Crippen molar-refractivity contribution < 1.29 is 39.3 Å². The number of carboxylic acids is 1. The van der Waals surface area contributed by atoms with E-state index >= 15 is 0 Å². The van der Waals surface area contributed by atoms with Crippen LogP contribution in [0, 0.1) is 0 Å². The van der Waals surface area contributed by atoms with Crippen molar-refractivity contribution in [3.8, 4) is 0 Å². The van der Waals surface area contributed by atoms with Crippen molar-refractivity contribution in [3.05, 3.63) is 0 Å². The number of aliphatic hydroxyl groups excluding tert-OH is 2. The first-order valence-electron chi connectivity index (χ1n) is 8.90. The average Bonchev–Trinajstić information content (AvgIpc) is 2.65. The molecule has 14 heteroatoms. The number of hydrogen-bond donors (Lipinski definition) is 8. The fourth-order valence-electron chi connectivity index (χ4n) is 2.20. The number of hydrogen-bond acceptors (Lipinski definition) is 9. The molecule has 0 aromatic carbocycles. The number of thioether (sulfide) groups is 1. The Kier molecular flexibility index (Phi) is 12.6. The summed E-state index contributed by atoms with van der Waals surface area (Å²) in [5, 5.41) is 34.8. The maximum absolute atomic E-state index is 12.4. The third kappa shape index (κ3) is 9.87. The van der Waals surface area contributed by atoms with E-state index in [0.717, 1.165) is 0 Å². The van der Waals surface area contributed by atoms with Gasteiger partial charge in [0.05, 0.1) is 25.2 Å². The van der Waals surface area contributed by atoms with Crippen LogP contribution in [-0.4, -0.2) is 93.8 Å². The van der Waals surface area contributed by atoms with Crippen LogP contribution in [0.5, 0.6) is 0 Å². The lowest BCUT2D eigenvalue weighted by molar-refractivity contribution is -0.142. The number of amides is 4. The van der Waals surface area contributed by atoms with Crippen LogP contribution >= 0.6 is 11.8 Å². The Morgan fingerprint density at radius 2 is 1.57 bits per heavy atom. The van der Waals surface area contributed by atoms with Crippen LogP contribution in [0.1, 0.15) is 19.8 Å². The Hall–Kier alpha value is -2.42. The molecule has 0 radical (unpaired) electrons. The molecule has 172 valence electrons. The van der Waals surface area contributed by atoms with Crippen LogP contribution in [0.4, 0.5) is 0 Å². The van der Waals surface area contributed by atoms with Crippen molar-refractivity contribution in [2.45, 2.75) is 50.0 Å². The zero-order chi connectivity index (χ0) is 23.4. The Morgan fingerprint density at radius 3 is 2.00 bits per heavy atom. The minimum absolute atomic E-state index is 0.123. The predicted molar refractivity (Wildman–Crippen MR) is 107 cm³/mol. The van der Waals surface area contributed by atoms with Gasteiger partial charge in [-0.2, -0.15) is 11.8 Å². The Labute approximate surface area is 177 Å². The monoisotopic (exact) mass is 451 g/mol. The van der Waals surface area contributed by atoms with Crippen LogP contribution in [0.25, 0.3) is 0 Å². The van der Waals surface area contributed by atoms with E-state index in [1.54, 1.807) is 6.26 Å². The van der Waals surface area contributed by atoms with Gasteiger partial charge in [0.1, 0.15) is 18.1 Å². The van der Waals surface area contributed by atoms with E-state index < -0.39 is 72.9 Å². The first-order chi connectivity index (χ1) is 13.9. The standard InChI is InChI=1S/C16H29N5O8S/c1-7(23)12(21-13(25)8(17)5-11(18)24)15(27)20-10(6-22)14(26)19-9(16(28)29)3-4-30-2/h7-10,12,22-23H,3-6,17H2,1-2H3,(H2,18,24)(H,19,26)(H,20,27)(H,21,25)(H,28,29). The summed E-state index contributed by atoms with van der Waals surface area (Å²) >= 11 is 1.38. The number of carbonyl (C=O) groups is 5. The first kappa shape index (κ1) is 27.6. The maximum Gasteiger partial charge on any atom is 0.326 e. The van der Waals surface area contributed by atoms with E-state index in [2.05, 4.69) is 16.0 Å². The molecule has 0 fully saturated rings. The lowest BCUT2D eigenvalue weighted by atomic mass is 10.1. The fourth-order valence-corrected chi connectivity index (χ4v) is 2.67. The zero-order valence-electron chi connectivity index (χ0n) is 16.7. The van der Waals surface area contributed by atoms with Gasteiger partial charge in [0.15, 0.2) is 0 Å². The molecule has 0 rings (SSSR count). The lowest BCUT2D eigenvalue weighted by Crippen LogP contribution is -2.60. The summed E-state index contributed by atoms with van der Waals surface area (Å²) in [5.41, 5.74) is 10.4. The second-order valence-corrected chi connectivity index (χ2v) is 7.41. The van der Waals surface area contributed by atoms with Crippen LogP contribution in [0.2, 0.25) is 0 Å². The summed E-state index contributed by atoms with van der Waals surface area (Å²) < 4.78 is 0. The van der Waals surface area contributed by atoms with E-state index in [9.17, 15) is 34.2 Å². The summed E-state index contributed by atoms with van der Waals surface area (Å²) in [6, 6.07) is -5.69. The molecule has 5 unspecified atom stereocenters. The number of nitrogens with one attached hydrogen (secondary N) is 3. The number of carbonyl (C=O) groups excluding carboxylic acids is 4. The van der Waals surface area contributed by atoms with Crippen LogP contribution in [-0.2, 0) is 24.0 Å². The van der Waals surface area contributed by atoms with Gasteiger partial charge < -0.3 is 42.7 Å². The predicted octanol–water partition coefficient (Wildman–Crippen LogP) is -4.15. The Balaban J connectivity index is 5.13. The van der Waals surface area contributed by atoms with Crippen LogP contribution in [0.3, 0.4) is 0 Å². The van der Waals surface area contributed by atoms with Crippen molar-refractivity contribution in [2.24, 2.45) is 11.5 Å². The van der Waals surface area contributed by atoms with E-state index in [1.165, 1.54) is 18.7 Å². The maximum atomic E-state index is 12.4. The Morgan fingerprint density at radius 1 is 1.00 bits per heavy atom. The molecule has 30 heavy (non-hydrogen) atoms. The molecule has 0 saturated carbocycles. The highest BCUT2D eigenvalue weighted by Crippen LogP contribution is 2.02. The van der Waals surface area contributed by atoms with Gasteiger partial charge in [-0.1, -0.05) is 0 Å². The minimum Gasteiger partial charge on any atom is -0.480 e. The van der Waals surface area contributed by atoms with Crippen molar-refractivity contribution in [3.63, 3.8) is 0 Å². The van der Waals surface area contributed by atoms with E-state index in [0.29, 0.717) is 5.75 Å². The molecule has 5 atom stereocenters. The SMILES string of the molecule is CSCCC(NC(=O)C(CO)NC(=O)C(NC(=O)C(N)CC(N)=O)C(C)O)C(=O)O. The van der Waals surface area contributed by atoms with Crippen molar-refractivity contribution >= 4 is 41.4 Å². The molecule has 0 aromatic heterocycles. The highest BCUT2D eigenvalue weighted by Gasteiger charge is 2.32. The lowest BCUT2D eigenvalue weighted by Gasteiger charge is -2.25. The molecular formula is C16H29N5O8S. The van der Waals surface area contributed by atoms with Crippen molar-refractivity contribution in [1.82, 2.24) is 16.0 Å². The quantitative estimate of drug-likeness (QED) is 0.127. The number of rotatable bonds is 14. The number of aliphatic carboxylic acids is 1. The van der Waals surface area contributed by atoms with Gasteiger partial charge in [-0.3, -0.25) is 19.2 Å². The van der Waals surface area contributed by atoms with Gasteiger partial charge in [0.2, 0.25) is 23.6 Å². The summed E-state index contributed by atoms with van der Waals surface area (Å²) in [5.74, 6) is -4.60. The number of carboxylic acid groups (broad SMARTS) is 1. The number of nitrogens with two attached hydrogens (primary N) is 2. The zero-order valence-corrected chi connectivity index (χ0v) is 17.5. The third-order valence-electron chi connectivity index (χ3n) is 3.86. The highest BCUT2D eigenvalue weighted by molar-refractivity contribution is 7.98. The summed E-state index contributed by atoms with van der Waals surface area (Å²) in [4.78, 5) is 58.7. The van der Waals surface area contributed by atoms with E-state index in [-0.39, 0.29) is 6.42 Å². The Bertz CT molecular complexity index is 633. The van der Waals surface area contributed by atoms with E-state index in [1.807, 2.05) is 0 Å². The first-order valence-corrected chi connectivity index (χ1v) is 10.3. The molecule has 0 heterocycles. The molecule has 0 bridgehead atoms. The minimum atomic E-state index is -1.56. The van der Waals surface area contributed by atoms with Crippen LogP contribution < -0.4 is 27.4 Å². The molecule has 0 spiro atoms. The molecular weight excluding hydrogens is 422 g/mol. The van der Waals surface area contributed by atoms with Gasteiger partial charge in [0.25, 0.3) is 0 Å². The molecule has 0 saturated heterocycles. The van der Waals surface area contributed by atoms with Gasteiger partial charge >= 0.3 is 5.97 Å². The topological polar surface area (TPSA) is 234 Å². The average molecular weight is 452 g/mol. The summed E-state index contributed by atoms with van der Waals surface area (Å²) in [6.45, 7) is 0.315. The van der Waals surface area contributed by atoms with Crippen LogP contribution in [0.15, 0.2) is 0 Å². The van der Waals surface area contributed by atoms with Gasteiger partial charge in [-0.05, 0) is 25.4 Å². The summed E-state index contributed by atoms with van der Waals surface area (Å²) in [6.07, 6.45) is -0.0326. The number of primary amides is 1. The third-order valence-corrected chi connectivity index (χ3v) is 4.51. The second-order valence-electron chi connectivity index (χ2n) is 6.43. The van der Waals surface area contributed by atoms with Crippen molar-refractivity contribution in [2.75, 3.05) is 18.6 Å². The normalized spacial score (nSPS) is 15.8. The van der Waals surface area contributed by atoms with Gasteiger partial charge in [-0.25, -0.2) is 4.79 Å². The van der Waals surface area contributed by atoms with Gasteiger partial charge in [0, 0.05) is 0 Å². The number of aliphatic hydroxyl groups is 2. The van der Waals surface area contributed by atoms with E-state index in [4.69, 9.17) is 16.6 Å². The molecule has 0 aliphatic carbocycles. The largest absolute Gasteiger partial charge is 0.480 e. The second kappa shape index (κ2) is 13.7. The summed E-state index contributed by atoms with van der Waals surface area (Å²) in [7, 11) is 0. The fraction of sp³-hybridized carbons (Fsp3) is 0.688. The molecule has 10 N–H and O–H groups in total. The molecule has 0 aliphatic heterocycles. The molecule has 0 aliphatic rings. The smallest absolute Gasteiger partial charge is 0.326 e. The van der Waals surface area contributed by atoms with Gasteiger partial charge in [-0.15, -0.1) is 0 Å². The highest BCUT2D eigenvalue weighted by atomic mass is 32.2. The molecule has 13 nitrogen and oxygen atoms in total.